The maximum absolute atomic E-state index is 5.83. The fourth-order valence-corrected chi connectivity index (χ4v) is 3.10. The smallest absolute Gasteiger partial charge is 0.0139 e. The summed E-state index contributed by atoms with van der Waals surface area (Å²) in [7, 11) is 0. The van der Waals surface area contributed by atoms with Crippen LogP contribution in [-0.2, 0) is 0 Å². The van der Waals surface area contributed by atoms with Crippen LogP contribution < -0.4 is 5.73 Å². The summed E-state index contributed by atoms with van der Waals surface area (Å²) in [6.45, 7) is 5.85. The van der Waals surface area contributed by atoms with Crippen LogP contribution in [0, 0.1) is 11.8 Å². The minimum Gasteiger partial charge on any atom is -0.327 e. The molecular formula is C11H22N2. The van der Waals surface area contributed by atoms with Crippen LogP contribution >= 0.6 is 0 Å². The lowest BCUT2D eigenvalue weighted by atomic mass is 9.78. The molecular weight excluding hydrogens is 160 g/mol. The van der Waals surface area contributed by atoms with Gasteiger partial charge in [-0.05, 0) is 38.0 Å². The summed E-state index contributed by atoms with van der Waals surface area (Å²) < 4.78 is 0. The van der Waals surface area contributed by atoms with Crippen LogP contribution in [0.1, 0.15) is 32.6 Å². The lowest BCUT2D eigenvalue weighted by Crippen LogP contribution is -2.46. The molecule has 1 heterocycles. The Morgan fingerprint density at radius 1 is 1.31 bits per heavy atom. The highest BCUT2D eigenvalue weighted by Gasteiger charge is 2.30. The van der Waals surface area contributed by atoms with E-state index in [1.54, 1.807) is 0 Å². The van der Waals surface area contributed by atoms with Gasteiger partial charge in [0.1, 0.15) is 0 Å². The highest BCUT2D eigenvalue weighted by Crippen LogP contribution is 2.34. The third kappa shape index (κ3) is 2.44. The van der Waals surface area contributed by atoms with Crippen LogP contribution in [0.5, 0.6) is 0 Å². The second-order valence-electron chi connectivity index (χ2n) is 5.09. The molecule has 2 heteroatoms. The predicted octanol–water partition coefficient (Wildman–Crippen LogP) is 1.46. The second kappa shape index (κ2) is 3.97. The van der Waals surface area contributed by atoms with Gasteiger partial charge in [-0.3, -0.25) is 0 Å². The Kier molecular flexibility index (Phi) is 2.89. The standard InChI is InChI=1S/C11H22N2/c1-9(12)6-13-7-10-3-2-4-11(5-10)8-13/h9-11H,2-8,12H2,1H3/t9-,10?,11?/m0/s1. The maximum Gasteiger partial charge on any atom is 0.0139 e. The van der Waals surface area contributed by atoms with Crippen molar-refractivity contribution in [3.8, 4) is 0 Å². The molecule has 13 heavy (non-hydrogen) atoms. The van der Waals surface area contributed by atoms with E-state index in [9.17, 15) is 0 Å². The van der Waals surface area contributed by atoms with Crippen LogP contribution in [0.25, 0.3) is 0 Å². The SMILES string of the molecule is C[C@H](N)CN1CC2CCCC(C2)C1. The summed E-state index contributed by atoms with van der Waals surface area (Å²) in [5.41, 5.74) is 5.83. The zero-order valence-corrected chi connectivity index (χ0v) is 8.71. The van der Waals surface area contributed by atoms with E-state index in [1.165, 1.54) is 38.8 Å². The molecule has 2 nitrogen and oxygen atoms in total. The van der Waals surface area contributed by atoms with Gasteiger partial charge in [0.2, 0.25) is 0 Å². The molecule has 2 bridgehead atoms. The monoisotopic (exact) mass is 182 g/mol. The van der Waals surface area contributed by atoms with Crippen LogP contribution in [0.2, 0.25) is 0 Å². The molecule has 2 unspecified atom stereocenters. The fourth-order valence-electron chi connectivity index (χ4n) is 3.10. The number of fused-ring (bicyclic) bond motifs is 2. The third-order valence-corrected chi connectivity index (χ3v) is 3.47. The first-order valence-corrected chi connectivity index (χ1v) is 5.72. The predicted molar refractivity (Wildman–Crippen MR) is 55.5 cm³/mol. The van der Waals surface area contributed by atoms with Crippen molar-refractivity contribution < 1.29 is 0 Å². The van der Waals surface area contributed by atoms with Gasteiger partial charge in [0.05, 0.1) is 0 Å². The van der Waals surface area contributed by atoms with Gasteiger partial charge in [-0.2, -0.15) is 0 Å². The largest absolute Gasteiger partial charge is 0.327 e. The lowest BCUT2D eigenvalue weighted by molar-refractivity contribution is 0.0830. The number of nitrogens with zero attached hydrogens (tertiary/aromatic N) is 1. The number of hydrogen-bond acceptors (Lipinski definition) is 2. The molecule has 1 aliphatic heterocycles. The van der Waals surface area contributed by atoms with Crippen molar-refractivity contribution in [1.82, 2.24) is 4.90 Å². The summed E-state index contributed by atoms with van der Waals surface area (Å²) in [4.78, 5) is 2.59. The fraction of sp³-hybridized carbons (Fsp3) is 1.00. The Morgan fingerprint density at radius 3 is 2.46 bits per heavy atom. The van der Waals surface area contributed by atoms with Gasteiger partial charge in [0.25, 0.3) is 0 Å². The van der Waals surface area contributed by atoms with Crippen molar-refractivity contribution >= 4 is 0 Å². The van der Waals surface area contributed by atoms with E-state index in [4.69, 9.17) is 5.73 Å². The second-order valence-corrected chi connectivity index (χ2v) is 5.09. The summed E-state index contributed by atoms with van der Waals surface area (Å²) in [5.74, 6) is 1.98. The molecule has 0 aromatic carbocycles. The molecule has 1 saturated carbocycles. The quantitative estimate of drug-likeness (QED) is 0.700. The van der Waals surface area contributed by atoms with E-state index in [2.05, 4.69) is 11.8 Å². The molecule has 0 radical (unpaired) electrons. The van der Waals surface area contributed by atoms with Gasteiger partial charge in [-0.15, -0.1) is 0 Å². The van der Waals surface area contributed by atoms with Gasteiger partial charge >= 0.3 is 0 Å². The van der Waals surface area contributed by atoms with Gasteiger partial charge in [-0.25, -0.2) is 0 Å². The van der Waals surface area contributed by atoms with Crippen molar-refractivity contribution in [2.75, 3.05) is 19.6 Å². The summed E-state index contributed by atoms with van der Waals surface area (Å²) in [6, 6.07) is 0.346. The third-order valence-electron chi connectivity index (χ3n) is 3.47. The molecule has 76 valence electrons. The average Bonchev–Trinajstić information content (AvgIpc) is 2.01. The van der Waals surface area contributed by atoms with Crippen molar-refractivity contribution in [3.63, 3.8) is 0 Å². The average molecular weight is 182 g/mol. The van der Waals surface area contributed by atoms with E-state index < -0.39 is 0 Å². The van der Waals surface area contributed by atoms with Gasteiger partial charge in [0.15, 0.2) is 0 Å². The molecule has 1 saturated heterocycles. The van der Waals surface area contributed by atoms with E-state index in [0.717, 1.165) is 18.4 Å². The van der Waals surface area contributed by atoms with Gasteiger partial charge in [0, 0.05) is 25.7 Å². The summed E-state index contributed by atoms with van der Waals surface area (Å²) in [6.07, 6.45) is 5.90. The van der Waals surface area contributed by atoms with E-state index in [-0.39, 0.29) is 0 Å². The van der Waals surface area contributed by atoms with Crippen LogP contribution in [0.4, 0.5) is 0 Å². The Balaban J connectivity index is 1.86. The maximum atomic E-state index is 5.83. The molecule has 1 aliphatic carbocycles. The minimum atomic E-state index is 0.346. The van der Waals surface area contributed by atoms with Gasteiger partial charge in [-0.1, -0.05) is 6.42 Å². The van der Waals surface area contributed by atoms with Crippen LogP contribution in [0.3, 0.4) is 0 Å². The highest BCUT2D eigenvalue weighted by atomic mass is 15.1. The minimum absolute atomic E-state index is 0.346. The van der Waals surface area contributed by atoms with Gasteiger partial charge < -0.3 is 10.6 Å². The van der Waals surface area contributed by atoms with E-state index in [0.29, 0.717) is 6.04 Å². The Morgan fingerprint density at radius 2 is 1.92 bits per heavy atom. The first-order valence-electron chi connectivity index (χ1n) is 5.72. The zero-order chi connectivity index (χ0) is 9.26. The molecule has 0 aromatic heterocycles. The van der Waals surface area contributed by atoms with E-state index in [1.807, 2.05) is 0 Å². The number of likely N-dealkylation sites (tertiary alicyclic amines) is 1. The van der Waals surface area contributed by atoms with Crippen molar-refractivity contribution in [2.45, 2.75) is 38.6 Å². The molecule has 2 aliphatic rings. The summed E-state index contributed by atoms with van der Waals surface area (Å²) in [5, 5.41) is 0. The Labute approximate surface area is 81.5 Å². The molecule has 0 aromatic rings. The molecule has 3 atom stereocenters. The zero-order valence-electron chi connectivity index (χ0n) is 8.71. The first-order chi connectivity index (χ1) is 6.24. The normalized spacial score (nSPS) is 37.4. The summed E-state index contributed by atoms with van der Waals surface area (Å²) >= 11 is 0. The molecule has 2 N–H and O–H groups in total. The van der Waals surface area contributed by atoms with Crippen molar-refractivity contribution in [3.05, 3.63) is 0 Å². The number of rotatable bonds is 2. The lowest BCUT2D eigenvalue weighted by Gasteiger charge is -2.41. The molecule has 2 rings (SSSR count). The Hall–Kier alpha value is -0.0800. The Bertz CT molecular complexity index is 155. The van der Waals surface area contributed by atoms with Crippen molar-refractivity contribution in [1.29, 1.82) is 0 Å². The topological polar surface area (TPSA) is 29.3 Å². The number of nitrogens with two attached hydrogens (primary N) is 1. The van der Waals surface area contributed by atoms with Crippen molar-refractivity contribution in [2.24, 2.45) is 17.6 Å². The van der Waals surface area contributed by atoms with Crippen LogP contribution in [-0.4, -0.2) is 30.6 Å². The van der Waals surface area contributed by atoms with E-state index >= 15 is 0 Å². The molecule has 0 spiro atoms. The van der Waals surface area contributed by atoms with Crippen LogP contribution in [0.15, 0.2) is 0 Å². The molecule has 0 amide bonds. The number of piperidine rings is 1. The molecule has 2 fully saturated rings. The number of hydrogen-bond donors (Lipinski definition) is 1. The first kappa shape index (κ1) is 9.47. The highest BCUT2D eigenvalue weighted by molar-refractivity contribution is 4.84.